The van der Waals surface area contributed by atoms with Crippen LogP contribution in [0.5, 0.6) is 5.75 Å². The van der Waals surface area contributed by atoms with Gasteiger partial charge in [-0.05, 0) is 30.3 Å². The van der Waals surface area contributed by atoms with Crippen molar-refractivity contribution in [3.8, 4) is 16.3 Å². The zero-order chi connectivity index (χ0) is 17.6. The molecule has 4 rings (SSSR count). The van der Waals surface area contributed by atoms with Gasteiger partial charge in [-0.2, -0.15) is 0 Å². The van der Waals surface area contributed by atoms with E-state index in [0.29, 0.717) is 6.61 Å². The molecule has 2 aromatic heterocycles. The van der Waals surface area contributed by atoms with Crippen LogP contribution in [0.4, 0.5) is 10.8 Å². The van der Waals surface area contributed by atoms with Gasteiger partial charge in [0.15, 0.2) is 5.01 Å². The molecule has 5 nitrogen and oxygen atoms in total. The number of nitrogens with one attached hydrogen (secondary N) is 1. The van der Waals surface area contributed by atoms with Gasteiger partial charge in [0, 0.05) is 23.6 Å². The van der Waals surface area contributed by atoms with Gasteiger partial charge in [0.25, 0.3) is 0 Å². The summed E-state index contributed by atoms with van der Waals surface area (Å²) in [6.07, 6.45) is 3.55. The molecule has 0 aliphatic rings. The maximum absolute atomic E-state index is 5.98. The number of benzene rings is 2. The van der Waals surface area contributed by atoms with Gasteiger partial charge in [-0.25, -0.2) is 0 Å². The van der Waals surface area contributed by atoms with Gasteiger partial charge in [0.1, 0.15) is 12.4 Å². The predicted molar refractivity (Wildman–Crippen MR) is 104 cm³/mol. The first-order chi connectivity index (χ1) is 12.9. The van der Waals surface area contributed by atoms with Crippen molar-refractivity contribution in [1.29, 1.82) is 0 Å². The molecule has 0 spiro atoms. The van der Waals surface area contributed by atoms with E-state index < -0.39 is 0 Å². The molecule has 4 aromatic rings. The Morgan fingerprint density at radius 1 is 0.885 bits per heavy atom. The van der Waals surface area contributed by atoms with E-state index in [1.165, 1.54) is 11.3 Å². The summed E-state index contributed by atoms with van der Waals surface area (Å²) in [7, 11) is 0. The molecular formula is C20H16N4OS. The molecule has 128 valence electrons. The summed E-state index contributed by atoms with van der Waals surface area (Å²) < 4.78 is 5.98. The lowest BCUT2D eigenvalue weighted by Gasteiger charge is -2.09. The molecule has 2 aromatic carbocycles. The molecule has 2 heterocycles. The highest BCUT2D eigenvalue weighted by atomic mass is 32.1. The first-order valence-electron chi connectivity index (χ1n) is 8.15. The Hall–Kier alpha value is -3.25. The van der Waals surface area contributed by atoms with E-state index in [4.69, 9.17) is 4.74 Å². The standard InChI is InChI=1S/C20H16N4OS/c1-2-8-16(9-3-1)22-20-24-23-19(26-20)17-10-4-5-11-18(17)25-14-15-7-6-12-21-13-15/h1-13H,14H2,(H,22,24). The van der Waals surface area contributed by atoms with E-state index >= 15 is 0 Å². The molecule has 0 amide bonds. The zero-order valence-corrected chi connectivity index (χ0v) is 14.7. The fourth-order valence-corrected chi connectivity index (χ4v) is 3.24. The van der Waals surface area contributed by atoms with Crippen LogP contribution >= 0.6 is 11.3 Å². The molecule has 1 N–H and O–H groups in total. The Kier molecular flexibility index (Phi) is 4.84. The number of hydrogen-bond donors (Lipinski definition) is 1. The number of ether oxygens (including phenoxy) is 1. The number of anilines is 2. The molecule has 0 aliphatic carbocycles. The van der Waals surface area contributed by atoms with Crippen LogP contribution in [0.1, 0.15) is 5.56 Å². The summed E-state index contributed by atoms with van der Waals surface area (Å²) in [5.41, 5.74) is 2.93. The van der Waals surface area contributed by atoms with Crippen LogP contribution in [-0.4, -0.2) is 15.2 Å². The Morgan fingerprint density at radius 3 is 2.58 bits per heavy atom. The van der Waals surface area contributed by atoms with Crippen molar-refractivity contribution in [2.75, 3.05) is 5.32 Å². The summed E-state index contributed by atoms with van der Waals surface area (Å²) in [5, 5.41) is 13.4. The van der Waals surface area contributed by atoms with Crippen molar-refractivity contribution in [1.82, 2.24) is 15.2 Å². The lowest BCUT2D eigenvalue weighted by Crippen LogP contribution is -1.97. The zero-order valence-electron chi connectivity index (χ0n) is 13.9. The van der Waals surface area contributed by atoms with Gasteiger partial charge < -0.3 is 10.1 Å². The SMILES string of the molecule is c1ccc(Nc2nnc(-c3ccccc3OCc3cccnc3)s2)cc1. The largest absolute Gasteiger partial charge is 0.488 e. The number of para-hydroxylation sites is 2. The first kappa shape index (κ1) is 16.2. The van der Waals surface area contributed by atoms with Crippen LogP contribution in [0.15, 0.2) is 79.1 Å². The summed E-state index contributed by atoms with van der Waals surface area (Å²) in [4.78, 5) is 4.11. The van der Waals surface area contributed by atoms with E-state index in [-0.39, 0.29) is 0 Å². The average Bonchev–Trinajstić information content (AvgIpc) is 3.16. The van der Waals surface area contributed by atoms with E-state index in [2.05, 4.69) is 20.5 Å². The number of hydrogen-bond acceptors (Lipinski definition) is 6. The van der Waals surface area contributed by atoms with Crippen molar-refractivity contribution in [3.05, 3.63) is 84.7 Å². The van der Waals surface area contributed by atoms with Crippen molar-refractivity contribution >= 4 is 22.2 Å². The molecule has 0 bridgehead atoms. The second kappa shape index (κ2) is 7.76. The van der Waals surface area contributed by atoms with Crippen LogP contribution in [0, 0.1) is 0 Å². The normalized spacial score (nSPS) is 10.5. The van der Waals surface area contributed by atoms with Crippen LogP contribution in [0.2, 0.25) is 0 Å². The maximum atomic E-state index is 5.98. The maximum Gasteiger partial charge on any atom is 0.210 e. The van der Waals surface area contributed by atoms with Crippen LogP contribution < -0.4 is 10.1 Å². The molecule has 0 saturated carbocycles. The molecule has 0 fully saturated rings. The summed E-state index contributed by atoms with van der Waals surface area (Å²) in [6, 6.07) is 21.7. The smallest absolute Gasteiger partial charge is 0.210 e. The van der Waals surface area contributed by atoms with E-state index in [0.717, 1.165) is 32.7 Å². The van der Waals surface area contributed by atoms with Crippen LogP contribution in [0.3, 0.4) is 0 Å². The molecule has 6 heteroatoms. The minimum absolute atomic E-state index is 0.457. The molecule has 0 unspecified atom stereocenters. The van der Waals surface area contributed by atoms with E-state index in [1.807, 2.05) is 66.7 Å². The molecule has 0 aliphatic heterocycles. The number of aromatic nitrogens is 3. The predicted octanol–water partition coefficient (Wildman–Crippen LogP) is 4.92. The van der Waals surface area contributed by atoms with Crippen molar-refractivity contribution in [2.45, 2.75) is 6.61 Å². The second-order valence-electron chi connectivity index (χ2n) is 5.55. The third-order valence-electron chi connectivity index (χ3n) is 3.68. The van der Waals surface area contributed by atoms with Gasteiger partial charge in [0.2, 0.25) is 5.13 Å². The second-order valence-corrected chi connectivity index (χ2v) is 6.53. The minimum atomic E-state index is 0.457. The summed E-state index contributed by atoms with van der Waals surface area (Å²) in [5.74, 6) is 0.777. The molecule has 26 heavy (non-hydrogen) atoms. The highest BCUT2D eigenvalue weighted by Gasteiger charge is 2.12. The Balaban J connectivity index is 1.53. The van der Waals surface area contributed by atoms with Crippen LogP contribution in [0.25, 0.3) is 10.6 Å². The highest BCUT2D eigenvalue weighted by Crippen LogP contribution is 2.34. The number of rotatable bonds is 6. The van der Waals surface area contributed by atoms with E-state index in [9.17, 15) is 0 Å². The van der Waals surface area contributed by atoms with Crippen molar-refractivity contribution in [3.63, 3.8) is 0 Å². The van der Waals surface area contributed by atoms with Crippen molar-refractivity contribution in [2.24, 2.45) is 0 Å². The Bertz CT molecular complexity index is 973. The minimum Gasteiger partial charge on any atom is -0.488 e. The van der Waals surface area contributed by atoms with Gasteiger partial charge in [-0.15, -0.1) is 10.2 Å². The Labute approximate surface area is 155 Å². The molecular weight excluding hydrogens is 344 g/mol. The lowest BCUT2D eigenvalue weighted by molar-refractivity contribution is 0.307. The third-order valence-corrected chi connectivity index (χ3v) is 4.56. The first-order valence-corrected chi connectivity index (χ1v) is 8.97. The fourth-order valence-electron chi connectivity index (χ4n) is 2.44. The topological polar surface area (TPSA) is 59.9 Å². The number of pyridine rings is 1. The molecule has 0 radical (unpaired) electrons. The highest BCUT2D eigenvalue weighted by molar-refractivity contribution is 7.18. The third kappa shape index (κ3) is 3.87. The van der Waals surface area contributed by atoms with Crippen molar-refractivity contribution < 1.29 is 4.74 Å². The number of nitrogens with zero attached hydrogens (tertiary/aromatic N) is 3. The average molecular weight is 360 g/mol. The fraction of sp³-hybridized carbons (Fsp3) is 0.0500. The monoisotopic (exact) mass is 360 g/mol. The van der Waals surface area contributed by atoms with Gasteiger partial charge in [0.05, 0.1) is 5.56 Å². The van der Waals surface area contributed by atoms with Gasteiger partial charge in [-0.1, -0.05) is 47.7 Å². The molecule has 0 atom stereocenters. The Morgan fingerprint density at radius 2 is 1.73 bits per heavy atom. The van der Waals surface area contributed by atoms with E-state index in [1.54, 1.807) is 12.4 Å². The van der Waals surface area contributed by atoms with Crippen LogP contribution in [-0.2, 0) is 6.61 Å². The quantitative estimate of drug-likeness (QED) is 0.529. The van der Waals surface area contributed by atoms with Gasteiger partial charge >= 0.3 is 0 Å². The van der Waals surface area contributed by atoms with Gasteiger partial charge in [-0.3, -0.25) is 4.98 Å². The summed E-state index contributed by atoms with van der Waals surface area (Å²) in [6.45, 7) is 0.457. The lowest BCUT2D eigenvalue weighted by atomic mass is 10.2. The molecule has 0 saturated heterocycles. The summed E-state index contributed by atoms with van der Waals surface area (Å²) >= 11 is 1.49.